The van der Waals surface area contributed by atoms with Crippen molar-refractivity contribution >= 4 is 23.1 Å². The first kappa shape index (κ1) is 13.5. The van der Waals surface area contributed by atoms with Crippen LogP contribution in [0.3, 0.4) is 0 Å². The molecule has 1 atom stereocenters. The van der Waals surface area contributed by atoms with E-state index in [2.05, 4.69) is 9.59 Å². The predicted molar refractivity (Wildman–Crippen MR) is 74.1 cm³/mol. The van der Waals surface area contributed by atoms with Gasteiger partial charge in [-0.1, -0.05) is 42.1 Å². The number of aliphatic hydroxyl groups excluding tert-OH is 1. The molecule has 1 aromatic carbocycles. The molecule has 3 nitrogen and oxygen atoms in total. The molecule has 2 rings (SSSR count). The summed E-state index contributed by atoms with van der Waals surface area (Å²) in [7, 11) is 0. The van der Waals surface area contributed by atoms with Crippen molar-refractivity contribution in [1.82, 2.24) is 9.59 Å². The average molecular weight is 283 g/mol. The molecule has 1 aromatic heterocycles. The van der Waals surface area contributed by atoms with Crippen LogP contribution in [0, 0.1) is 0 Å². The van der Waals surface area contributed by atoms with Crippen molar-refractivity contribution in [1.29, 1.82) is 0 Å². The molecule has 0 saturated carbocycles. The first-order valence-electron chi connectivity index (χ1n) is 5.82. The van der Waals surface area contributed by atoms with Gasteiger partial charge in [0, 0.05) is 11.4 Å². The molecular formula is C13H15ClN2OS. The predicted octanol–water partition coefficient (Wildman–Crippen LogP) is 3.59. The van der Waals surface area contributed by atoms with Gasteiger partial charge in [-0.25, -0.2) is 0 Å². The van der Waals surface area contributed by atoms with E-state index in [0.717, 1.165) is 16.1 Å². The van der Waals surface area contributed by atoms with E-state index in [-0.39, 0.29) is 5.92 Å². The third-order valence-electron chi connectivity index (χ3n) is 2.71. The molecule has 0 aliphatic rings. The summed E-state index contributed by atoms with van der Waals surface area (Å²) < 4.78 is 3.93. The van der Waals surface area contributed by atoms with E-state index in [1.165, 1.54) is 11.5 Å². The van der Waals surface area contributed by atoms with Gasteiger partial charge >= 0.3 is 0 Å². The van der Waals surface area contributed by atoms with Gasteiger partial charge in [-0.05, 0) is 35.1 Å². The second-order valence-corrected chi connectivity index (χ2v) is 5.75. The van der Waals surface area contributed by atoms with E-state index >= 15 is 0 Å². The van der Waals surface area contributed by atoms with Crippen molar-refractivity contribution < 1.29 is 5.11 Å². The Hall–Kier alpha value is -0.970. The minimum atomic E-state index is -0.569. The van der Waals surface area contributed by atoms with E-state index in [9.17, 15) is 5.11 Å². The average Bonchev–Trinajstić information content (AvgIpc) is 2.77. The zero-order valence-electron chi connectivity index (χ0n) is 10.3. The topological polar surface area (TPSA) is 46.0 Å². The molecule has 1 unspecified atom stereocenters. The highest BCUT2D eigenvalue weighted by atomic mass is 35.5. The maximum atomic E-state index is 10.3. The molecule has 0 fully saturated rings. The van der Waals surface area contributed by atoms with Crippen LogP contribution < -0.4 is 0 Å². The summed E-state index contributed by atoms with van der Waals surface area (Å²) in [5.41, 5.74) is 1.90. The number of halogens is 1. The summed E-state index contributed by atoms with van der Waals surface area (Å²) in [4.78, 5) is 0.852. The minimum absolute atomic E-state index is 0.271. The van der Waals surface area contributed by atoms with Gasteiger partial charge in [0.25, 0.3) is 0 Å². The molecule has 96 valence electrons. The van der Waals surface area contributed by atoms with Gasteiger partial charge in [0.05, 0.1) is 16.7 Å². The third-order valence-corrected chi connectivity index (χ3v) is 3.78. The van der Waals surface area contributed by atoms with Crippen LogP contribution in [-0.4, -0.2) is 14.7 Å². The summed E-state index contributed by atoms with van der Waals surface area (Å²) in [5.74, 6) is 0.271. The monoisotopic (exact) mass is 282 g/mol. The Morgan fingerprint density at radius 2 is 2.17 bits per heavy atom. The van der Waals surface area contributed by atoms with E-state index in [4.69, 9.17) is 11.6 Å². The van der Waals surface area contributed by atoms with Crippen molar-refractivity contribution in [3.63, 3.8) is 0 Å². The van der Waals surface area contributed by atoms with Crippen LogP contribution in [0.25, 0.3) is 0 Å². The SMILES string of the molecule is CC(C)c1nnsc1C(O)Cc1cccc(Cl)c1. The molecular weight excluding hydrogens is 268 g/mol. The summed E-state index contributed by atoms with van der Waals surface area (Å²) in [6, 6.07) is 7.54. The van der Waals surface area contributed by atoms with Crippen LogP contribution >= 0.6 is 23.1 Å². The first-order valence-corrected chi connectivity index (χ1v) is 6.97. The molecule has 0 aliphatic carbocycles. The van der Waals surface area contributed by atoms with E-state index in [1.54, 1.807) is 0 Å². The van der Waals surface area contributed by atoms with Crippen molar-refractivity contribution in [2.45, 2.75) is 32.3 Å². The van der Waals surface area contributed by atoms with Gasteiger partial charge in [0.1, 0.15) is 0 Å². The van der Waals surface area contributed by atoms with Gasteiger partial charge in [0.15, 0.2) is 0 Å². The Balaban J connectivity index is 2.17. The van der Waals surface area contributed by atoms with Crippen LogP contribution in [0.1, 0.15) is 42.0 Å². The highest BCUT2D eigenvalue weighted by Gasteiger charge is 2.19. The van der Waals surface area contributed by atoms with Crippen LogP contribution in [0.4, 0.5) is 0 Å². The van der Waals surface area contributed by atoms with Gasteiger partial charge in [-0.3, -0.25) is 0 Å². The summed E-state index contributed by atoms with van der Waals surface area (Å²) >= 11 is 7.20. The fourth-order valence-electron chi connectivity index (χ4n) is 1.82. The van der Waals surface area contributed by atoms with Crippen molar-refractivity contribution in [3.05, 3.63) is 45.4 Å². The third kappa shape index (κ3) is 3.07. The Bertz CT molecular complexity index is 527. The number of rotatable bonds is 4. The summed E-state index contributed by atoms with van der Waals surface area (Å²) in [6.45, 7) is 4.10. The molecule has 0 amide bonds. The standard InChI is InChI=1S/C13H15ClN2OS/c1-8(2)12-13(18-16-15-12)11(17)7-9-4-3-5-10(14)6-9/h3-6,8,11,17H,7H2,1-2H3. The number of aliphatic hydroxyl groups is 1. The lowest BCUT2D eigenvalue weighted by molar-refractivity contribution is 0.180. The zero-order chi connectivity index (χ0) is 13.1. The van der Waals surface area contributed by atoms with Gasteiger partial charge in [-0.15, -0.1) is 5.10 Å². The lowest BCUT2D eigenvalue weighted by atomic mass is 10.0. The molecule has 0 aliphatic heterocycles. The highest BCUT2D eigenvalue weighted by Crippen LogP contribution is 2.28. The van der Waals surface area contributed by atoms with E-state index in [1.807, 2.05) is 38.1 Å². The molecule has 0 radical (unpaired) electrons. The smallest absolute Gasteiger partial charge is 0.0957 e. The van der Waals surface area contributed by atoms with Crippen LogP contribution in [0.2, 0.25) is 5.02 Å². The first-order chi connectivity index (χ1) is 8.58. The zero-order valence-corrected chi connectivity index (χ0v) is 11.9. The molecule has 18 heavy (non-hydrogen) atoms. The number of hydrogen-bond donors (Lipinski definition) is 1. The lowest BCUT2D eigenvalue weighted by Gasteiger charge is -2.11. The molecule has 0 spiro atoms. The minimum Gasteiger partial charge on any atom is -0.387 e. The normalized spacial score (nSPS) is 12.9. The summed E-state index contributed by atoms with van der Waals surface area (Å²) in [5, 5.41) is 15.0. The van der Waals surface area contributed by atoms with E-state index in [0.29, 0.717) is 11.4 Å². The van der Waals surface area contributed by atoms with E-state index < -0.39 is 6.10 Å². The number of aromatic nitrogens is 2. The summed E-state index contributed by atoms with van der Waals surface area (Å²) in [6.07, 6.45) is -0.0367. The quantitative estimate of drug-likeness (QED) is 0.932. The molecule has 0 saturated heterocycles. The number of hydrogen-bond acceptors (Lipinski definition) is 4. The Morgan fingerprint density at radius 1 is 1.39 bits per heavy atom. The maximum Gasteiger partial charge on any atom is 0.0957 e. The largest absolute Gasteiger partial charge is 0.387 e. The number of benzene rings is 1. The van der Waals surface area contributed by atoms with Gasteiger partial charge < -0.3 is 5.11 Å². The molecule has 2 aromatic rings. The Morgan fingerprint density at radius 3 is 2.83 bits per heavy atom. The van der Waals surface area contributed by atoms with Crippen LogP contribution in [0.15, 0.2) is 24.3 Å². The maximum absolute atomic E-state index is 10.3. The van der Waals surface area contributed by atoms with Crippen molar-refractivity contribution in [2.24, 2.45) is 0 Å². The molecule has 1 N–H and O–H groups in total. The Kier molecular flexibility index (Phi) is 4.32. The fraction of sp³-hybridized carbons (Fsp3) is 0.385. The molecule has 1 heterocycles. The van der Waals surface area contributed by atoms with Crippen molar-refractivity contribution in [3.8, 4) is 0 Å². The van der Waals surface area contributed by atoms with Gasteiger partial charge in [0.2, 0.25) is 0 Å². The second kappa shape index (κ2) is 5.78. The highest BCUT2D eigenvalue weighted by molar-refractivity contribution is 7.05. The lowest BCUT2D eigenvalue weighted by Crippen LogP contribution is -2.04. The molecule has 0 bridgehead atoms. The Labute approximate surface area is 116 Å². The molecule has 5 heteroatoms. The van der Waals surface area contributed by atoms with Crippen LogP contribution in [-0.2, 0) is 6.42 Å². The number of nitrogens with zero attached hydrogens (tertiary/aromatic N) is 2. The van der Waals surface area contributed by atoms with Crippen molar-refractivity contribution in [2.75, 3.05) is 0 Å². The van der Waals surface area contributed by atoms with Crippen LogP contribution in [0.5, 0.6) is 0 Å². The fourth-order valence-corrected chi connectivity index (χ4v) is 2.82. The van der Waals surface area contributed by atoms with Gasteiger partial charge in [-0.2, -0.15) is 0 Å². The second-order valence-electron chi connectivity index (χ2n) is 4.53.